The maximum absolute atomic E-state index is 9.26. The zero-order chi connectivity index (χ0) is 17.6. The van der Waals surface area contributed by atoms with E-state index in [1.807, 2.05) is 6.07 Å². The van der Waals surface area contributed by atoms with Gasteiger partial charge in [0.1, 0.15) is 0 Å². The summed E-state index contributed by atoms with van der Waals surface area (Å²) in [5, 5.41) is 10.1. The van der Waals surface area contributed by atoms with Crippen LogP contribution in [0.15, 0.2) is 22.7 Å². The largest absolute Gasteiger partial charge is 0.396 e. The Bertz CT molecular complexity index is 537. The molecule has 1 saturated carbocycles. The molecule has 2 nitrogen and oxygen atoms in total. The number of nitrogens with zero attached hydrogens (tertiary/aromatic N) is 1. The Morgan fingerprint density at radius 3 is 2.36 bits per heavy atom. The summed E-state index contributed by atoms with van der Waals surface area (Å²) in [6.45, 7) is 4.15. The summed E-state index contributed by atoms with van der Waals surface area (Å²) in [4.78, 5) is 2.67. The summed E-state index contributed by atoms with van der Waals surface area (Å²) in [6, 6.07) is 6.13. The first-order valence-corrected chi connectivity index (χ1v) is 11.1. The molecule has 1 aromatic rings. The number of piperidine rings is 1. The van der Waals surface area contributed by atoms with Crippen LogP contribution >= 0.6 is 27.5 Å². The van der Waals surface area contributed by atoms with Gasteiger partial charge in [0.05, 0.1) is 0 Å². The summed E-state index contributed by atoms with van der Waals surface area (Å²) >= 11 is 9.81. The summed E-state index contributed by atoms with van der Waals surface area (Å²) in [7, 11) is 0. The molecule has 1 aliphatic heterocycles. The molecule has 0 radical (unpaired) electrons. The maximum atomic E-state index is 9.26. The standard InChI is InChI=1S/C21H31BrClNO/c22-21-6-5-20(23)14-19(21)13-17-8-11-24(12-9-17)10-7-16-1-3-18(15-25)4-2-16/h5-6,14,16-18,25H,1-4,7-13,15H2. The predicted molar refractivity (Wildman–Crippen MR) is 109 cm³/mol. The van der Waals surface area contributed by atoms with Gasteiger partial charge in [0.25, 0.3) is 0 Å². The fourth-order valence-corrected chi connectivity index (χ4v) is 5.10. The van der Waals surface area contributed by atoms with E-state index in [4.69, 9.17) is 11.6 Å². The van der Waals surface area contributed by atoms with Crippen LogP contribution in [0.4, 0.5) is 0 Å². The number of hydrogen-bond donors (Lipinski definition) is 1. The lowest BCUT2D eigenvalue weighted by molar-refractivity contribution is 0.141. The Kier molecular flexibility index (Phi) is 7.66. The third kappa shape index (κ3) is 5.95. The molecule has 0 amide bonds. The van der Waals surface area contributed by atoms with Crippen molar-refractivity contribution in [3.8, 4) is 0 Å². The molecule has 1 N–H and O–H groups in total. The van der Waals surface area contributed by atoms with Crippen LogP contribution < -0.4 is 0 Å². The van der Waals surface area contributed by atoms with Crippen LogP contribution in [0.2, 0.25) is 5.02 Å². The Labute approximate surface area is 166 Å². The van der Waals surface area contributed by atoms with E-state index in [0.29, 0.717) is 12.5 Å². The number of benzene rings is 1. The first-order valence-electron chi connectivity index (χ1n) is 9.91. The molecule has 0 unspecified atom stereocenters. The predicted octanol–water partition coefficient (Wildman–Crippen LogP) is 5.55. The van der Waals surface area contributed by atoms with Gasteiger partial charge in [0.2, 0.25) is 0 Å². The van der Waals surface area contributed by atoms with Crippen molar-refractivity contribution >= 4 is 27.5 Å². The van der Waals surface area contributed by atoms with Gasteiger partial charge < -0.3 is 10.0 Å². The second-order valence-electron chi connectivity index (χ2n) is 8.08. The molecule has 1 aliphatic carbocycles. The van der Waals surface area contributed by atoms with Gasteiger partial charge in [-0.05, 0) is 99.7 Å². The molecule has 0 atom stereocenters. The fraction of sp³-hybridized carbons (Fsp3) is 0.714. The maximum Gasteiger partial charge on any atom is 0.0459 e. The molecule has 1 saturated heterocycles. The summed E-state index contributed by atoms with van der Waals surface area (Å²) in [5.41, 5.74) is 1.35. The van der Waals surface area contributed by atoms with Crippen molar-refractivity contribution in [2.24, 2.45) is 17.8 Å². The van der Waals surface area contributed by atoms with Crippen LogP contribution in [-0.4, -0.2) is 36.2 Å². The average molecular weight is 429 g/mol. The van der Waals surface area contributed by atoms with E-state index in [9.17, 15) is 5.11 Å². The second-order valence-corrected chi connectivity index (χ2v) is 9.37. The molecule has 140 valence electrons. The average Bonchev–Trinajstić information content (AvgIpc) is 2.64. The minimum Gasteiger partial charge on any atom is -0.396 e. The Balaban J connectivity index is 1.37. The zero-order valence-electron chi connectivity index (χ0n) is 15.1. The van der Waals surface area contributed by atoms with E-state index in [2.05, 4.69) is 33.0 Å². The molecule has 0 bridgehead atoms. The Morgan fingerprint density at radius 1 is 1.00 bits per heavy atom. The van der Waals surface area contributed by atoms with E-state index < -0.39 is 0 Å². The first kappa shape index (κ1) is 19.7. The van der Waals surface area contributed by atoms with Crippen LogP contribution in [0.3, 0.4) is 0 Å². The number of halogens is 2. The summed E-state index contributed by atoms with van der Waals surface area (Å²) in [6.07, 6.45) is 10.2. The van der Waals surface area contributed by atoms with Gasteiger partial charge in [-0.3, -0.25) is 0 Å². The molecule has 0 aromatic heterocycles. The van der Waals surface area contributed by atoms with Crippen molar-refractivity contribution in [1.82, 2.24) is 4.90 Å². The smallest absolute Gasteiger partial charge is 0.0459 e. The van der Waals surface area contributed by atoms with Crippen LogP contribution in [0.5, 0.6) is 0 Å². The molecule has 1 heterocycles. The Morgan fingerprint density at radius 2 is 1.68 bits per heavy atom. The van der Waals surface area contributed by atoms with Crippen molar-refractivity contribution < 1.29 is 5.11 Å². The van der Waals surface area contributed by atoms with E-state index >= 15 is 0 Å². The Hall–Kier alpha value is -0.0900. The minimum atomic E-state index is 0.392. The van der Waals surface area contributed by atoms with Crippen LogP contribution in [0, 0.1) is 17.8 Å². The van der Waals surface area contributed by atoms with E-state index in [0.717, 1.165) is 23.3 Å². The summed E-state index contributed by atoms with van der Waals surface area (Å²) in [5.74, 6) is 2.26. The molecule has 1 aromatic carbocycles. The van der Waals surface area contributed by atoms with E-state index in [-0.39, 0.29) is 0 Å². The number of aliphatic hydroxyl groups excluding tert-OH is 1. The van der Waals surface area contributed by atoms with Gasteiger partial charge in [-0.2, -0.15) is 0 Å². The lowest BCUT2D eigenvalue weighted by atomic mass is 9.80. The van der Waals surface area contributed by atoms with Crippen LogP contribution in [-0.2, 0) is 6.42 Å². The zero-order valence-corrected chi connectivity index (χ0v) is 17.4. The molecular formula is C21H31BrClNO. The number of likely N-dealkylation sites (tertiary alicyclic amines) is 1. The van der Waals surface area contributed by atoms with Gasteiger partial charge in [0, 0.05) is 16.1 Å². The van der Waals surface area contributed by atoms with Crippen molar-refractivity contribution in [3.05, 3.63) is 33.3 Å². The van der Waals surface area contributed by atoms with Gasteiger partial charge in [-0.25, -0.2) is 0 Å². The highest BCUT2D eigenvalue weighted by Gasteiger charge is 2.23. The third-order valence-corrected chi connectivity index (χ3v) is 7.31. The van der Waals surface area contributed by atoms with Crippen LogP contribution in [0.1, 0.15) is 50.5 Å². The molecular weight excluding hydrogens is 398 g/mol. The molecule has 25 heavy (non-hydrogen) atoms. The normalized spacial score (nSPS) is 26.0. The highest BCUT2D eigenvalue weighted by Crippen LogP contribution is 2.32. The minimum absolute atomic E-state index is 0.392. The lowest BCUT2D eigenvalue weighted by Gasteiger charge is -2.34. The van der Waals surface area contributed by atoms with Crippen molar-refractivity contribution in [1.29, 1.82) is 0 Å². The van der Waals surface area contributed by atoms with Crippen molar-refractivity contribution in [2.45, 2.75) is 51.4 Å². The molecule has 0 spiro atoms. The van der Waals surface area contributed by atoms with Crippen molar-refractivity contribution in [2.75, 3.05) is 26.2 Å². The highest BCUT2D eigenvalue weighted by atomic mass is 79.9. The first-order chi connectivity index (χ1) is 12.1. The molecule has 2 fully saturated rings. The van der Waals surface area contributed by atoms with E-state index in [1.165, 1.54) is 74.6 Å². The molecule has 2 aliphatic rings. The number of aliphatic hydroxyl groups is 1. The lowest BCUT2D eigenvalue weighted by Crippen LogP contribution is -2.36. The SMILES string of the molecule is OCC1CCC(CCN2CCC(Cc3cc(Cl)ccc3Br)CC2)CC1. The van der Waals surface area contributed by atoms with Gasteiger partial charge in [-0.1, -0.05) is 40.4 Å². The third-order valence-electron chi connectivity index (χ3n) is 6.30. The van der Waals surface area contributed by atoms with E-state index in [1.54, 1.807) is 0 Å². The quantitative estimate of drug-likeness (QED) is 0.642. The van der Waals surface area contributed by atoms with Crippen LogP contribution in [0.25, 0.3) is 0 Å². The second kappa shape index (κ2) is 9.73. The van der Waals surface area contributed by atoms with Gasteiger partial charge in [0.15, 0.2) is 0 Å². The van der Waals surface area contributed by atoms with Gasteiger partial charge >= 0.3 is 0 Å². The highest BCUT2D eigenvalue weighted by molar-refractivity contribution is 9.10. The molecule has 4 heteroatoms. The topological polar surface area (TPSA) is 23.5 Å². The monoisotopic (exact) mass is 427 g/mol. The fourth-order valence-electron chi connectivity index (χ4n) is 4.49. The number of rotatable bonds is 6. The van der Waals surface area contributed by atoms with Crippen molar-refractivity contribution in [3.63, 3.8) is 0 Å². The number of hydrogen-bond acceptors (Lipinski definition) is 2. The van der Waals surface area contributed by atoms with Gasteiger partial charge in [-0.15, -0.1) is 0 Å². The molecule has 3 rings (SSSR count). The summed E-state index contributed by atoms with van der Waals surface area (Å²) < 4.78 is 1.19.